The summed E-state index contributed by atoms with van der Waals surface area (Å²) in [6.07, 6.45) is 2.90. The average molecular weight is 415 g/mol. The summed E-state index contributed by atoms with van der Waals surface area (Å²) in [4.78, 5) is 21.5. The first kappa shape index (κ1) is 17.9. The molecule has 2 aromatic heterocycles. The van der Waals surface area contributed by atoms with Crippen LogP contribution in [0.3, 0.4) is 0 Å². The molecular weight excluding hydrogens is 400 g/mol. The van der Waals surface area contributed by atoms with Crippen LogP contribution in [0.4, 0.5) is 11.7 Å². The Morgan fingerprint density at radius 1 is 1.19 bits per heavy atom. The smallest absolute Gasteiger partial charge is 0.301 e. The van der Waals surface area contributed by atoms with Crippen LogP contribution in [-0.2, 0) is 4.79 Å². The van der Waals surface area contributed by atoms with Crippen LogP contribution in [0.15, 0.2) is 74.6 Å². The monoisotopic (exact) mass is 414 g/mol. The minimum atomic E-state index is -0.177. The number of amides is 1. The molecule has 0 radical (unpaired) electrons. The molecule has 4 aromatic rings. The topological polar surface area (TPSA) is 80.0 Å². The molecule has 9 heteroatoms. The highest BCUT2D eigenvalue weighted by atomic mass is 32.2. The summed E-state index contributed by atoms with van der Waals surface area (Å²) in [7, 11) is 0. The molecule has 2 N–H and O–H groups in total. The van der Waals surface area contributed by atoms with Crippen molar-refractivity contribution in [1.29, 1.82) is 0 Å². The number of thioether (sulfide) groups is 1. The highest BCUT2D eigenvalue weighted by molar-refractivity contribution is 8.01. The van der Waals surface area contributed by atoms with E-state index in [-0.39, 0.29) is 17.7 Å². The average Bonchev–Trinajstić information content (AvgIpc) is 3.34. The summed E-state index contributed by atoms with van der Waals surface area (Å²) in [6.45, 7) is 0. The minimum absolute atomic E-state index is 0.177. The number of nitrogens with one attached hydrogen (secondary N) is 2. The highest BCUT2D eigenvalue weighted by Crippen LogP contribution is 2.32. The quantitative estimate of drug-likeness (QED) is 0.320. The normalized spacial score (nSPS) is 10.8. The first-order valence-corrected chi connectivity index (χ1v) is 10.6. The molecule has 4 rings (SSSR count). The van der Waals surface area contributed by atoms with Crippen LogP contribution in [0.2, 0.25) is 0 Å². The zero-order chi connectivity index (χ0) is 18.5. The second kappa shape index (κ2) is 8.47. The van der Waals surface area contributed by atoms with Gasteiger partial charge in [0.25, 0.3) is 0 Å². The minimum Gasteiger partial charge on any atom is -0.432 e. The van der Waals surface area contributed by atoms with Gasteiger partial charge in [0.2, 0.25) is 5.91 Å². The first-order chi connectivity index (χ1) is 13.3. The van der Waals surface area contributed by atoms with Crippen molar-refractivity contribution in [3.8, 4) is 0 Å². The molecule has 136 valence electrons. The summed E-state index contributed by atoms with van der Waals surface area (Å²) in [5, 5.41) is 2.59. The van der Waals surface area contributed by atoms with Gasteiger partial charge in [-0.05, 0) is 42.3 Å². The zero-order valence-corrected chi connectivity index (χ0v) is 16.4. The summed E-state index contributed by atoms with van der Waals surface area (Å²) >= 11 is 4.53. The Hall–Kier alpha value is -2.49. The van der Waals surface area contributed by atoms with Crippen molar-refractivity contribution in [2.45, 2.75) is 9.24 Å². The number of hydrogen-bond acceptors (Lipinski definition) is 8. The number of nitrogens with zero attached hydrogens (tertiary/aromatic N) is 2. The van der Waals surface area contributed by atoms with Crippen LogP contribution < -0.4 is 10.0 Å². The van der Waals surface area contributed by atoms with Crippen LogP contribution in [0.5, 0.6) is 0 Å². The molecule has 2 heterocycles. The van der Waals surface area contributed by atoms with Gasteiger partial charge in [-0.3, -0.25) is 10.1 Å². The fourth-order valence-corrected chi connectivity index (χ4v) is 4.77. The lowest BCUT2D eigenvalue weighted by Gasteiger charge is -2.04. The maximum Gasteiger partial charge on any atom is 0.301 e. The number of thiazole rings is 1. The van der Waals surface area contributed by atoms with Gasteiger partial charge < -0.3 is 9.14 Å². The Morgan fingerprint density at radius 2 is 2.07 bits per heavy atom. The number of rotatable bonds is 7. The summed E-state index contributed by atoms with van der Waals surface area (Å²) < 4.78 is 10.3. The van der Waals surface area contributed by atoms with E-state index in [4.69, 9.17) is 4.42 Å². The van der Waals surface area contributed by atoms with Crippen molar-refractivity contribution in [1.82, 2.24) is 9.97 Å². The van der Waals surface area contributed by atoms with Gasteiger partial charge in [0.15, 0.2) is 4.34 Å². The fraction of sp³-hybridized carbons (Fsp3) is 0.0556. The molecule has 0 saturated heterocycles. The molecule has 0 spiro atoms. The highest BCUT2D eigenvalue weighted by Gasteiger charge is 2.10. The number of aromatic nitrogens is 2. The Balaban J connectivity index is 1.36. The zero-order valence-electron chi connectivity index (χ0n) is 13.9. The van der Waals surface area contributed by atoms with Crippen molar-refractivity contribution in [3.05, 3.63) is 61.0 Å². The van der Waals surface area contributed by atoms with Gasteiger partial charge in [0.1, 0.15) is 6.26 Å². The van der Waals surface area contributed by atoms with Crippen molar-refractivity contribution in [3.63, 3.8) is 0 Å². The maximum absolute atomic E-state index is 11.9. The Bertz CT molecular complexity index is 1040. The number of fused-ring (bicyclic) bond motifs is 1. The number of anilines is 2. The van der Waals surface area contributed by atoms with E-state index in [0.29, 0.717) is 0 Å². The number of carbonyl (C=O) groups is 1. The molecular formula is C18H14N4O2S3. The Morgan fingerprint density at radius 3 is 2.89 bits per heavy atom. The molecule has 1 amide bonds. The third kappa shape index (κ3) is 4.82. The molecule has 6 nitrogen and oxygen atoms in total. The lowest BCUT2D eigenvalue weighted by atomic mass is 10.3. The molecule has 0 aliphatic carbocycles. The van der Waals surface area contributed by atoms with Crippen LogP contribution in [0.25, 0.3) is 10.2 Å². The van der Waals surface area contributed by atoms with E-state index >= 15 is 0 Å². The summed E-state index contributed by atoms with van der Waals surface area (Å²) in [5.41, 5.74) is 1.93. The van der Waals surface area contributed by atoms with Gasteiger partial charge >= 0.3 is 6.01 Å². The standard InChI is InChI=1S/C18H14N4O2S3/c23-16(21-17-19-8-9-24-17)11-25-18-20-14-7-6-12(10-15(14)26-18)22-27-13-4-2-1-3-5-13/h1-10,22H,11H2,(H,19,21,23). The SMILES string of the molecule is O=C(CSc1nc2ccc(NSc3ccccc3)cc2s1)Nc1ncco1. The van der Waals surface area contributed by atoms with Crippen LogP contribution in [0.1, 0.15) is 0 Å². The first-order valence-electron chi connectivity index (χ1n) is 7.97. The van der Waals surface area contributed by atoms with Gasteiger partial charge in [-0.2, -0.15) is 0 Å². The van der Waals surface area contributed by atoms with Gasteiger partial charge in [0.05, 0.1) is 22.2 Å². The number of hydrogen-bond donors (Lipinski definition) is 2. The van der Waals surface area contributed by atoms with E-state index in [1.807, 2.05) is 30.3 Å². The van der Waals surface area contributed by atoms with Crippen LogP contribution in [0, 0.1) is 0 Å². The molecule has 0 unspecified atom stereocenters. The lowest BCUT2D eigenvalue weighted by molar-refractivity contribution is -0.113. The number of oxazole rings is 1. The fourth-order valence-electron chi connectivity index (χ4n) is 2.20. The Labute approximate surface area is 167 Å². The molecule has 0 aliphatic rings. The van der Waals surface area contributed by atoms with Gasteiger partial charge in [-0.1, -0.05) is 30.0 Å². The van der Waals surface area contributed by atoms with Crippen molar-refractivity contribution in [2.75, 3.05) is 15.8 Å². The third-order valence-corrected chi connectivity index (χ3v) is 6.41. The molecule has 0 atom stereocenters. The second-order valence-electron chi connectivity index (χ2n) is 5.35. The predicted octanol–water partition coefficient (Wildman–Crippen LogP) is 5.13. The van der Waals surface area contributed by atoms with Crippen molar-refractivity contribution in [2.24, 2.45) is 0 Å². The van der Waals surface area contributed by atoms with E-state index in [1.165, 1.54) is 24.2 Å². The maximum atomic E-state index is 11.9. The lowest BCUT2D eigenvalue weighted by Crippen LogP contribution is -2.14. The predicted molar refractivity (Wildman–Crippen MR) is 111 cm³/mol. The molecule has 2 aromatic carbocycles. The second-order valence-corrected chi connectivity index (χ2v) is 8.49. The van der Waals surface area contributed by atoms with Crippen molar-refractivity contribution >= 4 is 62.9 Å². The van der Waals surface area contributed by atoms with Crippen LogP contribution >= 0.6 is 35.0 Å². The molecule has 0 bridgehead atoms. The van der Waals surface area contributed by atoms with Crippen molar-refractivity contribution < 1.29 is 9.21 Å². The van der Waals surface area contributed by atoms with Gasteiger partial charge in [-0.25, -0.2) is 9.97 Å². The summed E-state index contributed by atoms with van der Waals surface area (Å²) in [5.74, 6) is 0.0697. The molecule has 0 aliphatic heterocycles. The van der Waals surface area contributed by atoms with E-state index in [2.05, 4.69) is 38.2 Å². The molecule has 0 saturated carbocycles. The largest absolute Gasteiger partial charge is 0.432 e. The van der Waals surface area contributed by atoms with E-state index < -0.39 is 0 Å². The molecule has 27 heavy (non-hydrogen) atoms. The number of carbonyl (C=O) groups excluding carboxylic acids is 1. The van der Waals surface area contributed by atoms with Crippen LogP contribution in [-0.4, -0.2) is 21.6 Å². The number of benzene rings is 2. The van der Waals surface area contributed by atoms with E-state index in [0.717, 1.165) is 25.1 Å². The van der Waals surface area contributed by atoms with Gasteiger partial charge in [0, 0.05) is 10.6 Å². The van der Waals surface area contributed by atoms with E-state index in [9.17, 15) is 4.79 Å². The van der Waals surface area contributed by atoms with E-state index in [1.54, 1.807) is 23.3 Å². The van der Waals surface area contributed by atoms with Gasteiger partial charge in [-0.15, -0.1) is 11.3 Å². The molecule has 0 fully saturated rings. The summed E-state index contributed by atoms with van der Waals surface area (Å²) in [6, 6.07) is 16.4. The third-order valence-electron chi connectivity index (χ3n) is 3.40. The Kier molecular flexibility index (Phi) is 5.61.